The van der Waals surface area contributed by atoms with Crippen LogP contribution < -0.4 is 5.32 Å². The predicted octanol–water partition coefficient (Wildman–Crippen LogP) is 2.49. The van der Waals surface area contributed by atoms with E-state index < -0.39 is 21.7 Å². The molecule has 0 bridgehead atoms. The molecule has 24 heavy (non-hydrogen) atoms. The molecular weight excluding hydrogens is 330 g/mol. The van der Waals surface area contributed by atoms with Gasteiger partial charge in [0, 0.05) is 17.5 Å². The molecule has 0 saturated carbocycles. The van der Waals surface area contributed by atoms with Gasteiger partial charge in [-0.05, 0) is 42.3 Å². The minimum absolute atomic E-state index is 0.0828. The van der Waals surface area contributed by atoms with Gasteiger partial charge < -0.3 is 10.4 Å². The van der Waals surface area contributed by atoms with E-state index in [-0.39, 0.29) is 11.3 Å². The number of amides is 1. The highest BCUT2D eigenvalue weighted by molar-refractivity contribution is 7.89. The van der Waals surface area contributed by atoms with Crippen molar-refractivity contribution in [1.29, 1.82) is 0 Å². The second kappa shape index (κ2) is 6.84. The molecule has 0 aliphatic heterocycles. The Morgan fingerprint density at radius 1 is 1.04 bits per heavy atom. The number of carbonyl (C=O) groups is 2. The molecule has 0 spiro atoms. The molecular formula is C17H17NO5S. The second-order valence-corrected chi connectivity index (χ2v) is 7.70. The minimum atomic E-state index is -3.13. The Morgan fingerprint density at radius 2 is 1.62 bits per heavy atom. The standard InChI is InChI=1S/C17H17NO5S/c1-11-3-6-14(17(20)21)9-15(11)18-16(19)13-7-4-12(5-8-13)10-24(2,22)23/h3-9H,10H2,1-2H3,(H,18,19)(H,20,21). The van der Waals surface area contributed by atoms with E-state index in [1.807, 2.05) is 0 Å². The zero-order valence-corrected chi connectivity index (χ0v) is 14.1. The number of anilines is 1. The zero-order chi connectivity index (χ0) is 17.9. The van der Waals surface area contributed by atoms with Crippen molar-refractivity contribution in [2.75, 3.05) is 11.6 Å². The Bertz CT molecular complexity index is 886. The van der Waals surface area contributed by atoms with Gasteiger partial charge in [0.15, 0.2) is 9.84 Å². The Hall–Kier alpha value is -2.67. The third-order valence-corrected chi connectivity index (χ3v) is 4.24. The Morgan fingerprint density at radius 3 is 2.17 bits per heavy atom. The lowest BCUT2D eigenvalue weighted by Gasteiger charge is -2.10. The van der Waals surface area contributed by atoms with E-state index in [9.17, 15) is 18.0 Å². The third kappa shape index (κ3) is 4.66. The summed E-state index contributed by atoms with van der Waals surface area (Å²) in [6.07, 6.45) is 1.14. The average molecular weight is 347 g/mol. The van der Waals surface area contributed by atoms with Gasteiger partial charge in [0.2, 0.25) is 0 Å². The number of sulfone groups is 1. The van der Waals surface area contributed by atoms with Crippen molar-refractivity contribution in [1.82, 2.24) is 0 Å². The lowest BCUT2D eigenvalue weighted by molar-refractivity contribution is 0.0696. The Balaban J connectivity index is 2.18. The minimum Gasteiger partial charge on any atom is -0.478 e. The van der Waals surface area contributed by atoms with Gasteiger partial charge in [0.25, 0.3) is 5.91 Å². The highest BCUT2D eigenvalue weighted by atomic mass is 32.2. The van der Waals surface area contributed by atoms with Crippen LogP contribution in [-0.2, 0) is 15.6 Å². The molecule has 0 saturated heterocycles. The van der Waals surface area contributed by atoms with Crippen LogP contribution in [0.3, 0.4) is 0 Å². The molecule has 0 heterocycles. The molecule has 0 atom stereocenters. The highest BCUT2D eigenvalue weighted by Gasteiger charge is 2.11. The van der Waals surface area contributed by atoms with Gasteiger partial charge >= 0.3 is 5.97 Å². The molecule has 2 aromatic rings. The average Bonchev–Trinajstić information content (AvgIpc) is 2.48. The van der Waals surface area contributed by atoms with Crippen molar-refractivity contribution in [2.24, 2.45) is 0 Å². The monoisotopic (exact) mass is 347 g/mol. The summed E-state index contributed by atoms with van der Waals surface area (Å²) in [5, 5.41) is 11.7. The number of rotatable bonds is 5. The summed E-state index contributed by atoms with van der Waals surface area (Å²) in [6, 6.07) is 10.7. The van der Waals surface area contributed by atoms with Gasteiger partial charge in [-0.25, -0.2) is 13.2 Å². The maximum atomic E-state index is 12.3. The molecule has 0 fully saturated rings. The van der Waals surface area contributed by atoms with E-state index in [1.54, 1.807) is 25.1 Å². The summed E-state index contributed by atoms with van der Waals surface area (Å²) in [7, 11) is -3.13. The van der Waals surface area contributed by atoms with Crippen LogP contribution in [0.15, 0.2) is 42.5 Å². The number of carboxylic acids is 1. The number of hydrogen-bond donors (Lipinski definition) is 2. The van der Waals surface area contributed by atoms with Crippen LogP contribution in [0.25, 0.3) is 0 Å². The van der Waals surface area contributed by atoms with Crippen molar-refractivity contribution < 1.29 is 23.1 Å². The molecule has 0 aliphatic rings. The Labute approximate surface area is 140 Å². The van der Waals surface area contributed by atoms with Crippen LogP contribution in [0, 0.1) is 6.92 Å². The number of hydrogen-bond acceptors (Lipinski definition) is 4. The van der Waals surface area contributed by atoms with E-state index in [1.165, 1.54) is 24.3 Å². The number of benzene rings is 2. The summed E-state index contributed by atoms with van der Waals surface area (Å²) < 4.78 is 22.5. The number of aryl methyl sites for hydroxylation is 1. The topological polar surface area (TPSA) is 101 Å². The first kappa shape index (κ1) is 17.7. The smallest absolute Gasteiger partial charge is 0.335 e. The third-order valence-electron chi connectivity index (χ3n) is 3.38. The van der Waals surface area contributed by atoms with Crippen molar-refractivity contribution in [3.8, 4) is 0 Å². The van der Waals surface area contributed by atoms with E-state index in [0.29, 0.717) is 16.8 Å². The van der Waals surface area contributed by atoms with Gasteiger partial charge in [0.1, 0.15) is 0 Å². The Kier molecular flexibility index (Phi) is 5.04. The van der Waals surface area contributed by atoms with Crippen LogP contribution in [-0.4, -0.2) is 31.7 Å². The highest BCUT2D eigenvalue weighted by Crippen LogP contribution is 2.18. The summed E-state index contributed by atoms with van der Waals surface area (Å²) in [5.74, 6) is -1.56. The molecule has 126 valence electrons. The molecule has 2 aromatic carbocycles. The van der Waals surface area contributed by atoms with Crippen LogP contribution in [0.2, 0.25) is 0 Å². The maximum absolute atomic E-state index is 12.3. The van der Waals surface area contributed by atoms with Gasteiger partial charge in [-0.2, -0.15) is 0 Å². The number of carboxylic acid groups (broad SMARTS) is 1. The number of carbonyl (C=O) groups excluding carboxylic acids is 1. The number of nitrogens with one attached hydrogen (secondary N) is 1. The number of aromatic carboxylic acids is 1. The van der Waals surface area contributed by atoms with Crippen molar-refractivity contribution in [2.45, 2.75) is 12.7 Å². The molecule has 0 unspecified atom stereocenters. The lowest BCUT2D eigenvalue weighted by Crippen LogP contribution is -2.13. The lowest BCUT2D eigenvalue weighted by atomic mass is 10.1. The molecule has 2 rings (SSSR count). The van der Waals surface area contributed by atoms with Gasteiger partial charge in [-0.15, -0.1) is 0 Å². The van der Waals surface area contributed by atoms with Crippen LogP contribution in [0.5, 0.6) is 0 Å². The zero-order valence-electron chi connectivity index (χ0n) is 13.2. The first-order valence-electron chi connectivity index (χ1n) is 7.08. The normalized spacial score (nSPS) is 11.1. The first-order chi connectivity index (χ1) is 11.2. The van der Waals surface area contributed by atoms with Crippen molar-refractivity contribution >= 4 is 27.4 Å². The van der Waals surface area contributed by atoms with Crippen molar-refractivity contribution in [3.63, 3.8) is 0 Å². The van der Waals surface area contributed by atoms with Gasteiger partial charge in [-0.1, -0.05) is 18.2 Å². The van der Waals surface area contributed by atoms with Gasteiger partial charge in [0.05, 0.1) is 11.3 Å². The van der Waals surface area contributed by atoms with E-state index in [0.717, 1.165) is 11.8 Å². The van der Waals surface area contributed by atoms with E-state index in [4.69, 9.17) is 5.11 Å². The molecule has 1 amide bonds. The summed E-state index contributed by atoms with van der Waals surface area (Å²) >= 11 is 0. The molecule has 6 nitrogen and oxygen atoms in total. The predicted molar refractivity (Wildman–Crippen MR) is 91.1 cm³/mol. The summed E-state index contributed by atoms with van der Waals surface area (Å²) in [6.45, 7) is 1.76. The largest absolute Gasteiger partial charge is 0.478 e. The summed E-state index contributed by atoms with van der Waals surface area (Å²) in [4.78, 5) is 23.3. The fourth-order valence-corrected chi connectivity index (χ4v) is 2.94. The SMILES string of the molecule is Cc1ccc(C(=O)O)cc1NC(=O)c1ccc(CS(C)(=O)=O)cc1. The fourth-order valence-electron chi connectivity index (χ4n) is 2.14. The molecule has 0 aromatic heterocycles. The fraction of sp³-hybridized carbons (Fsp3) is 0.176. The summed E-state index contributed by atoms with van der Waals surface area (Å²) in [5.41, 5.74) is 2.19. The van der Waals surface area contributed by atoms with Crippen LogP contribution >= 0.6 is 0 Å². The van der Waals surface area contributed by atoms with Crippen LogP contribution in [0.1, 0.15) is 31.8 Å². The molecule has 7 heteroatoms. The molecule has 2 N–H and O–H groups in total. The second-order valence-electron chi connectivity index (χ2n) is 5.56. The quantitative estimate of drug-likeness (QED) is 0.865. The maximum Gasteiger partial charge on any atom is 0.335 e. The van der Waals surface area contributed by atoms with Crippen LogP contribution in [0.4, 0.5) is 5.69 Å². The van der Waals surface area contributed by atoms with E-state index in [2.05, 4.69) is 5.32 Å². The van der Waals surface area contributed by atoms with Gasteiger partial charge in [-0.3, -0.25) is 4.79 Å². The van der Waals surface area contributed by atoms with Crippen molar-refractivity contribution in [3.05, 3.63) is 64.7 Å². The first-order valence-corrected chi connectivity index (χ1v) is 9.14. The molecule has 0 aliphatic carbocycles. The van der Waals surface area contributed by atoms with E-state index >= 15 is 0 Å². The molecule has 0 radical (unpaired) electrons.